The van der Waals surface area contributed by atoms with Gasteiger partial charge in [-0.2, -0.15) is 0 Å². The molecule has 11 heteroatoms. The van der Waals surface area contributed by atoms with Gasteiger partial charge in [-0.3, -0.25) is 18.6 Å². The fourth-order valence-corrected chi connectivity index (χ4v) is 1.61. The third-order valence-corrected chi connectivity index (χ3v) is 2.44. The van der Waals surface area contributed by atoms with Crippen molar-refractivity contribution in [3.8, 4) is 0 Å². The Morgan fingerprint density at radius 3 is 2.56 bits per heavy atom. The van der Waals surface area contributed by atoms with E-state index < -0.39 is 33.0 Å². The van der Waals surface area contributed by atoms with E-state index in [1.54, 1.807) is 0 Å². The molecule has 18 heavy (non-hydrogen) atoms. The highest BCUT2D eigenvalue weighted by atomic mass is 31.2. The fourth-order valence-electron chi connectivity index (χ4n) is 0.868. The molecule has 2 N–H and O–H groups in total. The van der Waals surface area contributed by atoms with Crippen molar-refractivity contribution in [3.63, 3.8) is 0 Å². The first kappa shape index (κ1) is 17.1. The van der Waals surface area contributed by atoms with Crippen LogP contribution in [0.15, 0.2) is 0 Å². The van der Waals surface area contributed by atoms with Gasteiger partial charge in [0.15, 0.2) is 6.10 Å². The lowest BCUT2D eigenvalue weighted by Crippen LogP contribution is -2.27. The zero-order valence-corrected chi connectivity index (χ0v) is 10.6. The van der Waals surface area contributed by atoms with Crippen molar-refractivity contribution in [2.24, 2.45) is 0 Å². The molecule has 0 aliphatic rings. The molecule has 0 aliphatic carbocycles. The Bertz CT molecular complexity index is 309. The summed E-state index contributed by atoms with van der Waals surface area (Å²) in [5.74, 6) is -0.665. The number of ether oxygens (including phenoxy) is 2. The topological polar surface area (TPSA) is 129 Å². The number of carbonyl (C=O) groups excluding carboxylic acids is 2. The van der Waals surface area contributed by atoms with Crippen LogP contribution in [0.3, 0.4) is 0 Å². The molecule has 0 saturated heterocycles. The van der Waals surface area contributed by atoms with E-state index in [1.165, 1.54) is 0 Å². The smallest absolute Gasteiger partial charge is 0.465 e. The lowest BCUT2D eigenvalue weighted by molar-refractivity contribution is -0.132. The lowest BCUT2D eigenvalue weighted by Gasteiger charge is -2.18. The summed E-state index contributed by atoms with van der Waals surface area (Å²) in [5.41, 5.74) is 0. The Morgan fingerprint density at radius 2 is 2.06 bits per heavy atom. The first-order valence-corrected chi connectivity index (χ1v) is 6.36. The number of rotatable bonds is 10. The number of carbonyl (C=O) groups is 2. The van der Waals surface area contributed by atoms with Crippen molar-refractivity contribution < 1.29 is 42.7 Å². The van der Waals surface area contributed by atoms with Crippen LogP contribution < -0.4 is 0 Å². The minimum absolute atomic E-state index is 0.136. The summed E-state index contributed by atoms with van der Waals surface area (Å²) in [6, 6.07) is 0. The highest BCUT2D eigenvalue weighted by molar-refractivity contribution is 7.47. The number of aliphatic hydroxyl groups excluding tert-OH is 1. The molecule has 0 radical (unpaired) electrons. The molecule has 0 heterocycles. The molecule has 0 bridgehead atoms. The predicted molar refractivity (Wildman–Crippen MR) is 59.6 cm³/mol. The van der Waals surface area contributed by atoms with Gasteiger partial charge in [0, 0.05) is 0 Å². The molecule has 2 atom stereocenters. The summed E-state index contributed by atoms with van der Waals surface area (Å²) >= 11 is 0. The molecular formula is C7H14BO9P. The molecule has 0 fully saturated rings. The zero-order valence-electron chi connectivity index (χ0n) is 9.68. The number of phosphoric ester groups is 1. The average molecular weight is 284 g/mol. The van der Waals surface area contributed by atoms with Crippen LogP contribution in [0.1, 0.15) is 0 Å². The van der Waals surface area contributed by atoms with Crippen molar-refractivity contribution in [1.29, 1.82) is 0 Å². The number of aliphatic hydroxyl groups is 1. The normalized spacial score (nSPS) is 15.4. The second-order valence-corrected chi connectivity index (χ2v) is 4.44. The van der Waals surface area contributed by atoms with E-state index in [-0.39, 0.29) is 19.7 Å². The number of hydrogen-bond acceptors (Lipinski definition) is 8. The van der Waals surface area contributed by atoms with Crippen molar-refractivity contribution >= 4 is 28.0 Å². The SMILES string of the molecule is BC(=O)OC(COC=O)COP(=O)(O)OCCO. The first-order valence-electron chi connectivity index (χ1n) is 4.86. The molecule has 9 nitrogen and oxygen atoms in total. The van der Waals surface area contributed by atoms with Crippen LogP contribution in [0.5, 0.6) is 0 Å². The second-order valence-electron chi connectivity index (χ2n) is 2.98. The molecule has 0 aromatic carbocycles. The van der Waals surface area contributed by atoms with E-state index in [2.05, 4.69) is 18.5 Å². The van der Waals surface area contributed by atoms with Gasteiger partial charge in [0.05, 0.1) is 19.8 Å². The summed E-state index contributed by atoms with van der Waals surface area (Å²) in [7, 11) is -3.21. The van der Waals surface area contributed by atoms with Crippen molar-refractivity contribution in [1.82, 2.24) is 0 Å². The van der Waals surface area contributed by atoms with Crippen LogP contribution in [-0.2, 0) is 27.9 Å². The molecule has 0 rings (SSSR count). The largest absolute Gasteiger partial charge is 0.472 e. The molecule has 0 aliphatic heterocycles. The first-order chi connectivity index (χ1) is 8.41. The third-order valence-electron chi connectivity index (χ3n) is 1.45. The summed E-state index contributed by atoms with van der Waals surface area (Å²) < 4.78 is 29.0. The Balaban J connectivity index is 4.18. The van der Waals surface area contributed by atoms with Gasteiger partial charge in [0.1, 0.15) is 6.61 Å². The summed E-state index contributed by atoms with van der Waals surface area (Å²) in [6.45, 7) is -1.50. The Morgan fingerprint density at radius 1 is 1.39 bits per heavy atom. The van der Waals surface area contributed by atoms with E-state index in [0.29, 0.717) is 0 Å². The average Bonchev–Trinajstić information content (AvgIpc) is 2.30. The Labute approximate surface area is 104 Å². The summed E-state index contributed by atoms with van der Waals surface area (Å²) in [4.78, 5) is 29.8. The minimum atomic E-state index is -4.33. The highest BCUT2D eigenvalue weighted by Gasteiger charge is 2.24. The van der Waals surface area contributed by atoms with Crippen LogP contribution in [0.2, 0.25) is 0 Å². The van der Waals surface area contributed by atoms with Gasteiger partial charge in [-0.05, 0) is 0 Å². The standard InChI is InChI=1S/C7H14BO9P/c8-7(11)17-6(3-14-5-10)4-16-18(12,13)15-2-1-9/h5-6,9H,1-4,8H2,(H,12,13). The van der Waals surface area contributed by atoms with Gasteiger partial charge in [-0.15, -0.1) is 0 Å². The van der Waals surface area contributed by atoms with E-state index in [4.69, 9.17) is 10.00 Å². The molecular weight excluding hydrogens is 270 g/mol. The molecule has 0 aromatic rings. The third kappa shape index (κ3) is 9.14. The van der Waals surface area contributed by atoms with Gasteiger partial charge < -0.3 is 19.5 Å². The maximum Gasteiger partial charge on any atom is 0.472 e. The maximum absolute atomic E-state index is 11.2. The minimum Gasteiger partial charge on any atom is -0.465 e. The number of hydrogen-bond donors (Lipinski definition) is 2. The van der Waals surface area contributed by atoms with Crippen molar-refractivity contribution in [3.05, 3.63) is 0 Å². The van der Waals surface area contributed by atoms with E-state index >= 15 is 0 Å². The molecule has 0 aromatic heterocycles. The zero-order chi connectivity index (χ0) is 14.0. The van der Waals surface area contributed by atoms with Gasteiger partial charge in [-0.1, -0.05) is 0 Å². The lowest BCUT2D eigenvalue weighted by atomic mass is 10.2. The van der Waals surface area contributed by atoms with Gasteiger partial charge >= 0.3 is 7.82 Å². The fraction of sp³-hybridized carbons (Fsp3) is 0.714. The molecule has 104 valence electrons. The van der Waals surface area contributed by atoms with Crippen LogP contribution >= 0.6 is 7.82 Å². The number of phosphoric acid groups is 1. The maximum atomic E-state index is 11.2. The predicted octanol–water partition coefficient (Wildman–Crippen LogP) is -1.58. The van der Waals surface area contributed by atoms with E-state index in [9.17, 15) is 14.2 Å². The second kappa shape index (κ2) is 9.06. The Hall–Kier alpha value is -0.925. The molecule has 0 amide bonds. The molecule has 0 saturated carbocycles. The quantitative estimate of drug-likeness (QED) is 0.277. The van der Waals surface area contributed by atoms with Gasteiger partial charge in [0.2, 0.25) is 13.7 Å². The Kier molecular flexibility index (Phi) is 8.60. The van der Waals surface area contributed by atoms with Crippen LogP contribution in [-0.4, -0.2) is 62.7 Å². The van der Waals surface area contributed by atoms with Gasteiger partial charge in [-0.25, -0.2) is 4.57 Å². The summed E-state index contributed by atoms with van der Waals surface area (Å²) in [6.07, 6.45) is -1.02. The van der Waals surface area contributed by atoms with Gasteiger partial charge in [0.25, 0.3) is 6.47 Å². The highest BCUT2D eigenvalue weighted by Crippen LogP contribution is 2.42. The van der Waals surface area contributed by atoms with E-state index in [1.807, 2.05) is 0 Å². The van der Waals surface area contributed by atoms with Crippen molar-refractivity contribution in [2.75, 3.05) is 26.4 Å². The van der Waals surface area contributed by atoms with Crippen molar-refractivity contribution in [2.45, 2.75) is 6.10 Å². The molecule has 2 unspecified atom stereocenters. The van der Waals surface area contributed by atoms with Crippen LogP contribution in [0, 0.1) is 0 Å². The molecule has 0 spiro atoms. The van der Waals surface area contributed by atoms with Crippen LogP contribution in [0.4, 0.5) is 4.79 Å². The van der Waals surface area contributed by atoms with Crippen LogP contribution in [0.25, 0.3) is 0 Å². The van der Waals surface area contributed by atoms with E-state index in [0.717, 1.165) is 7.85 Å². The monoisotopic (exact) mass is 284 g/mol. The summed E-state index contributed by atoms with van der Waals surface area (Å²) in [5, 5.41) is 8.40.